The lowest BCUT2D eigenvalue weighted by atomic mass is 9.86. The summed E-state index contributed by atoms with van der Waals surface area (Å²) in [5.41, 5.74) is 7.31. The Balaban J connectivity index is 1.17. The van der Waals surface area contributed by atoms with Crippen LogP contribution in [-0.2, 0) is 56.7 Å². The Morgan fingerprint density at radius 2 is 0.516 bits per heavy atom. The van der Waals surface area contributed by atoms with Crippen LogP contribution in [0.5, 0.6) is 0 Å². The largest absolute Gasteiger partial charge is 0.485 e. The first-order valence-electron chi connectivity index (χ1n) is 34.4. The third-order valence-electron chi connectivity index (χ3n) is 19.1. The summed E-state index contributed by atoms with van der Waals surface area (Å²) < 4.78 is 46.7. The third kappa shape index (κ3) is 17.2. The molecule has 0 unspecified atom stereocenters. The third-order valence-corrected chi connectivity index (χ3v) is 20.7. The van der Waals surface area contributed by atoms with Crippen LogP contribution in [0.15, 0.2) is 233 Å². The first kappa shape index (κ1) is 66.7. The highest BCUT2D eigenvalue weighted by atomic mass is 31.2. The molecular formula is C81H90N3O10P. The van der Waals surface area contributed by atoms with Crippen molar-refractivity contribution in [3.63, 3.8) is 0 Å². The molecule has 0 atom stereocenters. The molecule has 3 aromatic heterocycles. The van der Waals surface area contributed by atoms with Gasteiger partial charge < -0.3 is 14.5 Å². The lowest BCUT2D eigenvalue weighted by Crippen LogP contribution is -2.55. The quantitative estimate of drug-likeness (QED) is 0.0361. The summed E-state index contributed by atoms with van der Waals surface area (Å²) in [7, 11) is -5.75. The lowest BCUT2D eigenvalue weighted by Gasteiger charge is -2.44. The molecule has 3 heterocycles. The van der Waals surface area contributed by atoms with E-state index < -0.39 is 41.9 Å². The average Bonchev–Trinajstić information content (AvgIpc) is 0.754. The van der Waals surface area contributed by atoms with Gasteiger partial charge >= 0.3 is 7.82 Å². The number of phosphoric acid groups is 1. The molecule has 3 fully saturated rings. The Labute approximate surface area is 559 Å². The highest BCUT2D eigenvalue weighted by Crippen LogP contribution is 2.60. The van der Waals surface area contributed by atoms with Crippen LogP contribution in [0, 0.1) is 20.8 Å². The fraction of sp³-hybridized carbons (Fsp3) is 0.370. The van der Waals surface area contributed by atoms with Crippen molar-refractivity contribution in [1.29, 1.82) is 0 Å². The Morgan fingerprint density at radius 3 is 0.716 bits per heavy atom. The number of phosphoric ester groups is 1. The molecule has 6 aromatic carbocycles. The first-order valence-corrected chi connectivity index (χ1v) is 35.9. The number of hydrogen-bond acceptors (Lipinski definition) is 10. The van der Waals surface area contributed by atoms with Gasteiger partial charge in [-0.2, -0.15) is 0 Å². The van der Waals surface area contributed by atoms with E-state index >= 15 is 18.9 Å². The second kappa shape index (κ2) is 30.6. The van der Waals surface area contributed by atoms with Crippen molar-refractivity contribution in [2.75, 3.05) is 0 Å². The van der Waals surface area contributed by atoms with E-state index in [0.717, 1.165) is 113 Å². The minimum atomic E-state index is -5.75. The smallest absolute Gasteiger partial charge is 0.374 e. The monoisotopic (exact) mass is 1300 g/mol. The van der Waals surface area contributed by atoms with E-state index in [4.69, 9.17) is 28.1 Å². The van der Waals surface area contributed by atoms with Gasteiger partial charge in [-0.3, -0.25) is 14.4 Å². The second-order valence-corrected chi connectivity index (χ2v) is 28.4. The van der Waals surface area contributed by atoms with Crippen LogP contribution in [0.1, 0.15) is 181 Å². The number of rotatable bonds is 27. The summed E-state index contributed by atoms with van der Waals surface area (Å²) in [6, 6.07) is 68.7. The van der Waals surface area contributed by atoms with Crippen LogP contribution in [0.3, 0.4) is 0 Å². The van der Waals surface area contributed by atoms with Crippen molar-refractivity contribution in [1.82, 2.24) is 14.2 Å². The average molecular weight is 1300 g/mol. The number of aryl methyl sites for hydroxylation is 3. The molecule has 9 aromatic rings. The first-order chi connectivity index (χ1) is 46.2. The zero-order chi connectivity index (χ0) is 65.7. The minimum absolute atomic E-state index is 0.0604. The van der Waals surface area contributed by atoms with Gasteiger partial charge in [-0.25, -0.2) is 18.1 Å². The summed E-state index contributed by atoms with van der Waals surface area (Å²) in [5, 5.41) is 0. The van der Waals surface area contributed by atoms with Crippen molar-refractivity contribution < 1.29 is 32.6 Å². The van der Waals surface area contributed by atoms with Crippen molar-refractivity contribution in [3.8, 4) is 0 Å². The predicted octanol–water partition coefficient (Wildman–Crippen LogP) is 16.6. The summed E-state index contributed by atoms with van der Waals surface area (Å²) in [6.07, 6.45) is 13.2. The van der Waals surface area contributed by atoms with Crippen LogP contribution in [0.2, 0.25) is 0 Å². The van der Waals surface area contributed by atoms with Crippen LogP contribution < -0.4 is 31.2 Å². The molecule has 3 aliphatic rings. The normalized spacial score (nSPS) is 15.5. The minimum Gasteiger partial charge on any atom is -0.374 e. The van der Waals surface area contributed by atoms with Gasteiger partial charge in [0.05, 0.1) is 17.1 Å². The Kier molecular flexibility index (Phi) is 21.5. The Morgan fingerprint density at radius 1 is 0.316 bits per heavy atom. The van der Waals surface area contributed by atoms with Crippen LogP contribution in [0.25, 0.3) is 0 Å². The maximum atomic E-state index is 19.0. The molecular weight excluding hydrogens is 1210 g/mol. The van der Waals surface area contributed by atoms with Crippen molar-refractivity contribution in [2.45, 2.75) is 191 Å². The molecule has 0 radical (unpaired) electrons. The van der Waals surface area contributed by atoms with Gasteiger partial charge in [0.1, 0.15) is 0 Å². The van der Waals surface area contributed by atoms with E-state index in [1.807, 2.05) is 221 Å². The summed E-state index contributed by atoms with van der Waals surface area (Å²) in [6.45, 7) is 5.76. The molecule has 0 bridgehead atoms. The van der Waals surface area contributed by atoms with Gasteiger partial charge in [0.2, 0.25) is 0 Å². The summed E-state index contributed by atoms with van der Waals surface area (Å²) in [4.78, 5) is 68.8. The number of pyridine rings is 3. The van der Waals surface area contributed by atoms with Gasteiger partial charge in [0, 0.05) is 74.5 Å². The molecule has 494 valence electrons. The topological polar surface area (TPSA) is 138 Å². The number of hydrogen-bond donors (Lipinski definition) is 0. The van der Waals surface area contributed by atoms with Crippen molar-refractivity contribution in [3.05, 3.63) is 317 Å². The van der Waals surface area contributed by atoms with Gasteiger partial charge in [-0.1, -0.05) is 240 Å². The molecule has 3 saturated carbocycles. The maximum absolute atomic E-state index is 19.0. The molecule has 95 heavy (non-hydrogen) atoms. The summed E-state index contributed by atoms with van der Waals surface area (Å²) in [5.74, 6) is -6.73. The molecule has 12 rings (SSSR count). The highest BCUT2D eigenvalue weighted by molar-refractivity contribution is 7.48. The molecule has 0 amide bonds. The van der Waals surface area contributed by atoms with Crippen molar-refractivity contribution in [2.24, 2.45) is 0 Å². The Bertz CT molecular complexity index is 3630. The molecule has 14 heteroatoms. The van der Waals surface area contributed by atoms with Crippen LogP contribution in [0.4, 0.5) is 0 Å². The SMILES string of the molecule is Cc1cc(C2CCCCC2)n(OC(Cc2ccccc2)(Cc2ccccc2)OP(=O)(OC(Cc2ccccc2)(Cc2ccccc2)On2c(C3CCCCC3)cc(C)cc2=O)OC(Cc2ccccc2)(Cc2ccccc2)On2c(C3CCCCC3)cc(C)cc2=O)c(=O)c1. The fourth-order valence-electron chi connectivity index (χ4n) is 14.7. The van der Waals surface area contributed by atoms with Gasteiger partial charge in [-0.05, 0) is 128 Å². The van der Waals surface area contributed by atoms with Gasteiger partial charge in [0.15, 0.2) is 0 Å². The van der Waals surface area contributed by atoms with Gasteiger partial charge in [0.25, 0.3) is 34.0 Å². The molecule has 3 aliphatic carbocycles. The second-order valence-electron chi connectivity index (χ2n) is 27.0. The zero-order valence-electron chi connectivity index (χ0n) is 55.2. The van der Waals surface area contributed by atoms with Crippen molar-refractivity contribution >= 4 is 7.82 Å². The van der Waals surface area contributed by atoms with Gasteiger partial charge in [-0.15, -0.1) is 14.2 Å². The van der Waals surface area contributed by atoms with E-state index in [2.05, 4.69) is 0 Å². The van der Waals surface area contributed by atoms with E-state index in [0.29, 0.717) is 50.5 Å². The van der Waals surface area contributed by atoms with E-state index in [1.165, 1.54) is 14.2 Å². The summed E-state index contributed by atoms with van der Waals surface area (Å²) >= 11 is 0. The van der Waals surface area contributed by atoms with Crippen LogP contribution >= 0.6 is 7.82 Å². The Hall–Kier alpha value is -8.32. The zero-order valence-corrected chi connectivity index (χ0v) is 56.1. The predicted molar refractivity (Wildman–Crippen MR) is 373 cm³/mol. The lowest BCUT2D eigenvalue weighted by molar-refractivity contribution is -0.257. The van der Waals surface area contributed by atoms with Crippen LogP contribution in [-0.4, -0.2) is 31.6 Å². The molecule has 0 spiro atoms. The maximum Gasteiger partial charge on any atom is 0.485 e. The highest BCUT2D eigenvalue weighted by Gasteiger charge is 2.56. The molecule has 0 aliphatic heterocycles. The van der Waals surface area contributed by atoms with E-state index in [1.54, 1.807) is 18.2 Å². The molecule has 0 N–H and O–H groups in total. The standard InChI is InChI=1S/C81H90N3O10P/c1-61-49-73(70-43-25-10-26-44-70)82(76(85)52-61)89-79(55-64-31-13-4-14-32-64,56-65-33-15-5-16-34-65)92-95(88,93-80(57-66-35-17-6-18-36-66,58-67-37-19-7-20-38-67)90-83-74(50-62(2)53-77(83)86)71-45-27-11-28-46-71)94-81(59-68-39-21-8-22-40-68,60-69-41-23-9-24-42-69)91-84-75(51-63(3)54-78(84)87)72-47-29-12-30-48-72/h4-9,13-24,31-42,49-54,70-72H,10-12,25-30,43-48,55-60H2,1-3H3. The van der Waals surface area contributed by atoms with E-state index in [9.17, 15) is 0 Å². The molecule has 0 saturated heterocycles. The number of aromatic nitrogens is 3. The number of nitrogens with zero attached hydrogens (tertiary/aromatic N) is 3. The fourth-order valence-corrected chi connectivity index (χ4v) is 16.5. The number of benzene rings is 6. The van der Waals surface area contributed by atoms with E-state index in [-0.39, 0.29) is 56.3 Å². The molecule has 13 nitrogen and oxygen atoms in total.